The molecule has 1 unspecified atom stereocenters. The minimum Gasteiger partial charge on any atom is -0.348 e. The highest BCUT2D eigenvalue weighted by molar-refractivity contribution is 7.98. The quantitative estimate of drug-likeness (QED) is 0.817. The van der Waals surface area contributed by atoms with Crippen LogP contribution in [0.2, 0.25) is 0 Å². The Labute approximate surface area is 123 Å². The van der Waals surface area contributed by atoms with Crippen molar-refractivity contribution in [1.82, 2.24) is 5.32 Å². The van der Waals surface area contributed by atoms with E-state index in [-0.39, 0.29) is 24.1 Å². The van der Waals surface area contributed by atoms with Crippen LogP contribution in [0.15, 0.2) is 18.2 Å². The molecule has 0 saturated carbocycles. The van der Waals surface area contributed by atoms with Crippen LogP contribution in [0.3, 0.4) is 0 Å². The highest BCUT2D eigenvalue weighted by Crippen LogP contribution is 2.10. The summed E-state index contributed by atoms with van der Waals surface area (Å²) in [6.45, 7) is 2.18. The van der Waals surface area contributed by atoms with E-state index in [2.05, 4.69) is 17.2 Å². The lowest BCUT2D eigenvalue weighted by atomic mass is 10.1. The number of carbonyl (C=O) groups is 1. The molecule has 1 amide bonds. The Balaban J connectivity index is 2.81. The van der Waals surface area contributed by atoms with Gasteiger partial charge in [-0.25, -0.2) is 4.39 Å². The van der Waals surface area contributed by atoms with Crippen LogP contribution in [-0.4, -0.2) is 30.5 Å². The van der Waals surface area contributed by atoms with Gasteiger partial charge in [0.05, 0.1) is 12.1 Å². The molecule has 0 saturated heterocycles. The first kappa shape index (κ1) is 16.5. The SMILES string of the molecule is CCC(CSC)NC(=O)c1ccc(C#CCN)c(F)c1. The van der Waals surface area contributed by atoms with E-state index in [1.54, 1.807) is 17.8 Å². The van der Waals surface area contributed by atoms with Crippen LogP contribution in [0.5, 0.6) is 0 Å². The Hall–Kier alpha value is -1.51. The molecule has 0 aliphatic carbocycles. The summed E-state index contributed by atoms with van der Waals surface area (Å²) in [5.41, 5.74) is 5.80. The van der Waals surface area contributed by atoms with Crippen molar-refractivity contribution >= 4 is 17.7 Å². The fourth-order valence-electron chi connectivity index (χ4n) is 1.64. The number of rotatable bonds is 5. The summed E-state index contributed by atoms with van der Waals surface area (Å²) in [5.74, 6) is 5.29. The van der Waals surface area contributed by atoms with E-state index < -0.39 is 5.82 Å². The molecule has 1 aromatic carbocycles. The fraction of sp³-hybridized carbons (Fsp3) is 0.400. The molecule has 0 radical (unpaired) electrons. The van der Waals surface area contributed by atoms with Crippen LogP contribution >= 0.6 is 11.8 Å². The molecule has 5 heteroatoms. The van der Waals surface area contributed by atoms with Crippen molar-refractivity contribution in [2.24, 2.45) is 5.73 Å². The van der Waals surface area contributed by atoms with Crippen LogP contribution in [0.25, 0.3) is 0 Å². The second-order valence-electron chi connectivity index (χ2n) is 4.23. The summed E-state index contributed by atoms with van der Waals surface area (Å²) in [4.78, 5) is 12.0. The molecule has 3 nitrogen and oxygen atoms in total. The molecule has 0 fully saturated rings. The van der Waals surface area contributed by atoms with Gasteiger partial charge in [0.25, 0.3) is 5.91 Å². The highest BCUT2D eigenvalue weighted by Gasteiger charge is 2.13. The average Bonchev–Trinajstić information content (AvgIpc) is 2.45. The number of carbonyl (C=O) groups excluding carboxylic acids is 1. The number of nitrogens with two attached hydrogens (primary N) is 1. The zero-order valence-corrected chi connectivity index (χ0v) is 12.5. The molecule has 1 atom stereocenters. The van der Waals surface area contributed by atoms with Gasteiger partial charge in [-0.2, -0.15) is 11.8 Å². The molecule has 1 rings (SSSR count). The zero-order chi connectivity index (χ0) is 15.0. The third-order valence-electron chi connectivity index (χ3n) is 2.75. The lowest BCUT2D eigenvalue weighted by Gasteiger charge is -2.15. The van der Waals surface area contributed by atoms with Gasteiger partial charge in [0.15, 0.2) is 0 Å². The second kappa shape index (κ2) is 8.62. The van der Waals surface area contributed by atoms with Crippen LogP contribution in [0, 0.1) is 17.7 Å². The standard InChI is InChI=1S/C15H19FN2OS/c1-3-13(10-20-2)18-15(19)12-7-6-11(5-4-8-17)14(16)9-12/h6-7,9,13H,3,8,10,17H2,1-2H3,(H,18,19). The summed E-state index contributed by atoms with van der Waals surface area (Å²) in [6, 6.07) is 4.38. The lowest BCUT2D eigenvalue weighted by Crippen LogP contribution is -2.36. The average molecular weight is 294 g/mol. The van der Waals surface area contributed by atoms with Gasteiger partial charge in [0.1, 0.15) is 5.82 Å². The van der Waals surface area contributed by atoms with E-state index in [0.29, 0.717) is 5.56 Å². The summed E-state index contributed by atoms with van der Waals surface area (Å²) in [5, 5.41) is 2.89. The predicted octanol–water partition coefficient (Wildman–Crippen LogP) is 2.01. The first-order valence-corrected chi connectivity index (χ1v) is 7.80. The molecule has 1 aromatic rings. The molecular formula is C15H19FN2OS. The number of hydrogen-bond donors (Lipinski definition) is 2. The van der Waals surface area contributed by atoms with Gasteiger partial charge >= 0.3 is 0 Å². The van der Waals surface area contributed by atoms with E-state index in [1.807, 2.05) is 13.2 Å². The molecule has 0 bridgehead atoms. The maximum absolute atomic E-state index is 13.8. The maximum Gasteiger partial charge on any atom is 0.251 e. The van der Waals surface area contributed by atoms with Gasteiger partial charge in [-0.15, -0.1) is 0 Å². The molecule has 0 aliphatic rings. The van der Waals surface area contributed by atoms with Crippen LogP contribution in [-0.2, 0) is 0 Å². The summed E-state index contributed by atoms with van der Waals surface area (Å²) in [6.07, 6.45) is 2.83. The normalized spacial score (nSPS) is 11.4. The van der Waals surface area contributed by atoms with Crippen LogP contribution < -0.4 is 11.1 Å². The van der Waals surface area contributed by atoms with Crippen molar-refractivity contribution in [3.63, 3.8) is 0 Å². The van der Waals surface area contributed by atoms with E-state index in [4.69, 9.17) is 5.73 Å². The number of halogens is 1. The van der Waals surface area contributed by atoms with Crippen molar-refractivity contribution in [3.8, 4) is 11.8 Å². The number of amides is 1. The predicted molar refractivity (Wildman–Crippen MR) is 82.3 cm³/mol. The summed E-state index contributed by atoms with van der Waals surface area (Å²) in [7, 11) is 0. The Morgan fingerprint density at radius 2 is 2.30 bits per heavy atom. The monoisotopic (exact) mass is 294 g/mol. The molecule has 0 aliphatic heterocycles. The lowest BCUT2D eigenvalue weighted by molar-refractivity contribution is 0.0939. The zero-order valence-electron chi connectivity index (χ0n) is 11.7. The summed E-state index contributed by atoms with van der Waals surface area (Å²) < 4.78 is 13.8. The van der Waals surface area contributed by atoms with E-state index >= 15 is 0 Å². The topological polar surface area (TPSA) is 55.1 Å². The van der Waals surface area contributed by atoms with Crippen LogP contribution in [0.4, 0.5) is 4.39 Å². The maximum atomic E-state index is 13.8. The molecule has 20 heavy (non-hydrogen) atoms. The van der Waals surface area contributed by atoms with Gasteiger partial charge < -0.3 is 11.1 Å². The highest BCUT2D eigenvalue weighted by atomic mass is 32.2. The van der Waals surface area contributed by atoms with Crippen molar-refractivity contribution < 1.29 is 9.18 Å². The first-order valence-electron chi connectivity index (χ1n) is 6.40. The molecule has 108 valence electrons. The van der Waals surface area contributed by atoms with Gasteiger partial charge in [-0.1, -0.05) is 18.8 Å². The van der Waals surface area contributed by atoms with E-state index in [9.17, 15) is 9.18 Å². The van der Waals surface area contributed by atoms with E-state index in [0.717, 1.165) is 12.2 Å². The van der Waals surface area contributed by atoms with Crippen molar-refractivity contribution in [2.75, 3.05) is 18.6 Å². The Morgan fingerprint density at radius 1 is 1.55 bits per heavy atom. The smallest absolute Gasteiger partial charge is 0.251 e. The molecule has 0 spiro atoms. The minimum absolute atomic E-state index is 0.0947. The number of benzene rings is 1. The first-order chi connectivity index (χ1) is 9.62. The molecule has 0 heterocycles. The van der Waals surface area contributed by atoms with Gasteiger partial charge in [0, 0.05) is 17.4 Å². The third kappa shape index (κ3) is 4.87. The molecule has 3 N–H and O–H groups in total. The Kier molecular flexibility index (Phi) is 7.13. The van der Waals surface area contributed by atoms with Gasteiger partial charge in [-0.3, -0.25) is 4.79 Å². The van der Waals surface area contributed by atoms with E-state index in [1.165, 1.54) is 12.1 Å². The Morgan fingerprint density at radius 3 is 2.85 bits per heavy atom. The van der Waals surface area contributed by atoms with Crippen LogP contribution in [0.1, 0.15) is 29.3 Å². The van der Waals surface area contributed by atoms with Crippen molar-refractivity contribution in [1.29, 1.82) is 0 Å². The molecular weight excluding hydrogens is 275 g/mol. The number of hydrogen-bond acceptors (Lipinski definition) is 3. The van der Waals surface area contributed by atoms with Crippen molar-refractivity contribution in [3.05, 3.63) is 35.1 Å². The van der Waals surface area contributed by atoms with Crippen molar-refractivity contribution in [2.45, 2.75) is 19.4 Å². The Bertz CT molecular complexity index is 522. The van der Waals surface area contributed by atoms with Gasteiger partial charge in [0.2, 0.25) is 0 Å². The minimum atomic E-state index is -0.503. The van der Waals surface area contributed by atoms with Gasteiger partial charge in [-0.05, 0) is 30.9 Å². The largest absolute Gasteiger partial charge is 0.348 e. The fourth-order valence-corrected chi connectivity index (χ4v) is 2.36. The number of nitrogens with one attached hydrogen (secondary N) is 1. The second-order valence-corrected chi connectivity index (χ2v) is 5.15. The molecule has 0 aromatic heterocycles. The third-order valence-corrected chi connectivity index (χ3v) is 3.49. The number of thioether (sulfide) groups is 1. The summed E-state index contributed by atoms with van der Waals surface area (Å²) >= 11 is 1.67.